The van der Waals surface area contributed by atoms with E-state index >= 15 is 0 Å². The van der Waals surface area contributed by atoms with Crippen LogP contribution < -0.4 is 0 Å². The van der Waals surface area contributed by atoms with Crippen LogP contribution in [0, 0.1) is 12.7 Å². The van der Waals surface area contributed by atoms with Crippen molar-refractivity contribution in [3.05, 3.63) is 89.5 Å². The third-order valence-electron chi connectivity index (χ3n) is 5.93. The van der Waals surface area contributed by atoms with Gasteiger partial charge < -0.3 is 4.90 Å². The third-order valence-corrected chi connectivity index (χ3v) is 5.93. The minimum atomic E-state index is -0.220. The number of aromatic nitrogens is 3. The molecule has 0 bridgehead atoms. The second kappa shape index (κ2) is 8.51. The summed E-state index contributed by atoms with van der Waals surface area (Å²) in [4.78, 5) is 21.8. The number of piperazine rings is 1. The number of amides is 1. The molecule has 2 aromatic heterocycles. The van der Waals surface area contributed by atoms with E-state index in [1.165, 1.54) is 11.6 Å². The number of halogens is 1. The SMILES string of the molecule is Cc1ccc(-c2ccnc3c(C(=O)N4CCN(Cc5cccc(F)c5)CC4)cnn23)cc1. The van der Waals surface area contributed by atoms with Gasteiger partial charge in [0.25, 0.3) is 5.91 Å². The molecule has 0 saturated carbocycles. The van der Waals surface area contributed by atoms with Crippen molar-refractivity contribution in [3.63, 3.8) is 0 Å². The second-order valence-corrected chi connectivity index (χ2v) is 8.19. The predicted molar refractivity (Wildman–Crippen MR) is 121 cm³/mol. The van der Waals surface area contributed by atoms with E-state index in [9.17, 15) is 9.18 Å². The molecule has 5 rings (SSSR count). The average Bonchev–Trinajstić information content (AvgIpc) is 3.24. The van der Waals surface area contributed by atoms with Gasteiger partial charge >= 0.3 is 0 Å². The third kappa shape index (κ3) is 3.99. The van der Waals surface area contributed by atoms with Crippen LogP contribution in [-0.2, 0) is 6.54 Å². The fourth-order valence-corrected chi connectivity index (χ4v) is 4.16. The van der Waals surface area contributed by atoms with Gasteiger partial charge in [-0.15, -0.1) is 0 Å². The number of benzene rings is 2. The Balaban J connectivity index is 1.31. The summed E-state index contributed by atoms with van der Waals surface area (Å²) in [5.74, 6) is -0.277. The van der Waals surface area contributed by atoms with E-state index in [1.807, 2.05) is 29.2 Å². The van der Waals surface area contributed by atoms with Gasteiger partial charge in [-0.05, 0) is 30.7 Å². The Hall–Kier alpha value is -3.58. The molecular weight excluding hydrogens is 405 g/mol. The molecule has 1 aliphatic heterocycles. The monoisotopic (exact) mass is 429 g/mol. The first kappa shape index (κ1) is 20.3. The number of nitrogens with zero attached hydrogens (tertiary/aromatic N) is 5. The van der Waals surface area contributed by atoms with E-state index < -0.39 is 0 Å². The van der Waals surface area contributed by atoms with Crippen molar-refractivity contribution in [1.29, 1.82) is 0 Å². The van der Waals surface area contributed by atoms with Gasteiger partial charge in [0, 0.05) is 44.5 Å². The van der Waals surface area contributed by atoms with Gasteiger partial charge in [0.1, 0.15) is 11.4 Å². The van der Waals surface area contributed by atoms with Crippen LogP contribution in [0.25, 0.3) is 16.9 Å². The number of aryl methyl sites for hydroxylation is 1. The van der Waals surface area contributed by atoms with Gasteiger partial charge in [0.2, 0.25) is 0 Å². The summed E-state index contributed by atoms with van der Waals surface area (Å²) in [5.41, 5.74) is 5.13. The van der Waals surface area contributed by atoms with Crippen molar-refractivity contribution in [3.8, 4) is 11.3 Å². The molecule has 1 saturated heterocycles. The fraction of sp³-hybridized carbons (Fsp3) is 0.240. The molecule has 0 N–H and O–H groups in total. The maximum absolute atomic E-state index is 13.4. The Bertz CT molecular complexity index is 1260. The Morgan fingerprint density at radius 2 is 1.81 bits per heavy atom. The van der Waals surface area contributed by atoms with Crippen molar-refractivity contribution in [1.82, 2.24) is 24.4 Å². The molecule has 1 fully saturated rings. The van der Waals surface area contributed by atoms with Crippen LogP contribution in [0.3, 0.4) is 0 Å². The van der Waals surface area contributed by atoms with Crippen molar-refractivity contribution < 1.29 is 9.18 Å². The van der Waals surface area contributed by atoms with Crippen LogP contribution in [0.1, 0.15) is 21.5 Å². The number of hydrogen-bond donors (Lipinski definition) is 0. The van der Waals surface area contributed by atoms with E-state index in [2.05, 4.69) is 34.0 Å². The molecule has 3 heterocycles. The maximum atomic E-state index is 13.4. The Morgan fingerprint density at radius 1 is 1.03 bits per heavy atom. The standard InChI is InChI=1S/C25H24FN5O/c1-18-5-7-20(8-6-18)23-9-10-27-24-22(16-28-31(23)24)25(32)30-13-11-29(12-14-30)17-19-3-2-4-21(26)15-19/h2-10,15-16H,11-14,17H2,1H3. The van der Waals surface area contributed by atoms with Crippen LogP contribution in [0.4, 0.5) is 4.39 Å². The molecule has 32 heavy (non-hydrogen) atoms. The molecule has 0 spiro atoms. The first-order valence-electron chi connectivity index (χ1n) is 10.7. The van der Waals surface area contributed by atoms with E-state index in [1.54, 1.807) is 29.0 Å². The Kier molecular flexibility index (Phi) is 5.41. The molecule has 4 aromatic rings. The lowest BCUT2D eigenvalue weighted by atomic mass is 10.1. The van der Waals surface area contributed by atoms with Gasteiger partial charge in [-0.1, -0.05) is 42.0 Å². The van der Waals surface area contributed by atoms with Crippen LogP contribution in [0.15, 0.2) is 67.0 Å². The Morgan fingerprint density at radius 3 is 2.56 bits per heavy atom. The highest BCUT2D eigenvalue weighted by molar-refractivity contribution is 6.00. The number of rotatable bonds is 4. The summed E-state index contributed by atoms with van der Waals surface area (Å²) in [6, 6.07) is 16.8. The lowest BCUT2D eigenvalue weighted by molar-refractivity contribution is 0.0630. The normalized spacial score (nSPS) is 14.8. The predicted octanol–water partition coefficient (Wildman–Crippen LogP) is 3.80. The van der Waals surface area contributed by atoms with Crippen LogP contribution in [0.2, 0.25) is 0 Å². The first-order valence-corrected chi connectivity index (χ1v) is 10.7. The minimum absolute atomic E-state index is 0.0565. The van der Waals surface area contributed by atoms with E-state index in [-0.39, 0.29) is 11.7 Å². The van der Waals surface area contributed by atoms with Crippen LogP contribution in [0.5, 0.6) is 0 Å². The molecule has 7 heteroatoms. The number of carbonyl (C=O) groups excluding carboxylic acids is 1. The molecule has 0 aliphatic carbocycles. The van der Waals surface area contributed by atoms with E-state index in [4.69, 9.17) is 0 Å². The van der Waals surface area contributed by atoms with E-state index in [0.29, 0.717) is 30.8 Å². The molecule has 0 atom stereocenters. The fourth-order valence-electron chi connectivity index (χ4n) is 4.16. The number of fused-ring (bicyclic) bond motifs is 1. The highest BCUT2D eigenvalue weighted by atomic mass is 19.1. The maximum Gasteiger partial charge on any atom is 0.259 e. The van der Waals surface area contributed by atoms with Crippen LogP contribution >= 0.6 is 0 Å². The number of hydrogen-bond acceptors (Lipinski definition) is 4. The Labute approximate surface area is 185 Å². The van der Waals surface area contributed by atoms with Gasteiger partial charge in [-0.25, -0.2) is 13.9 Å². The summed E-state index contributed by atoms with van der Waals surface area (Å²) in [5, 5.41) is 4.47. The zero-order valence-corrected chi connectivity index (χ0v) is 17.9. The van der Waals surface area contributed by atoms with Crippen molar-refractivity contribution >= 4 is 11.6 Å². The van der Waals surface area contributed by atoms with E-state index in [0.717, 1.165) is 29.9 Å². The zero-order chi connectivity index (χ0) is 22.1. The highest BCUT2D eigenvalue weighted by Gasteiger charge is 2.25. The summed E-state index contributed by atoms with van der Waals surface area (Å²) in [7, 11) is 0. The van der Waals surface area contributed by atoms with Crippen molar-refractivity contribution in [2.24, 2.45) is 0 Å². The molecule has 2 aromatic carbocycles. The summed E-state index contributed by atoms with van der Waals surface area (Å²) >= 11 is 0. The van der Waals surface area contributed by atoms with Crippen LogP contribution in [-0.4, -0.2) is 56.5 Å². The minimum Gasteiger partial charge on any atom is -0.336 e. The van der Waals surface area contributed by atoms with Gasteiger partial charge in [0.15, 0.2) is 5.65 Å². The molecular formula is C25H24FN5O. The molecule has 1 amide bonds. The summed E-state index contributed by atoms with van der Waals surface area (Å²) < 4.78 is 15.2. The summed E-state index contributed by atoms with van der Waals surface area (Å²) in [6.07, 6.45) is 3.33. The molecule has 1 aliphatic rings. The molecule has 0 unspecified atom stereocenters. The molecule has 6 nitrogen and oxygen atoms in total. The highest BCUT2D eigenvalue weighted by Crippen LogP contribution is 2.22. The lowest BCUT2D eigenvalue weighted by Crippen LogP contribution is -2.48. The van der Waals surface area contributed by atoms with Crippen molar-refractivity contribution in [2.75, 3.05) is 26.2 Å². The zero-order valence-electron chi connectivity index (χ0n) is 17.9. The van der Waals surface area contributed by atoms with Gasteiger partial charge in [0.05, 0.1) is 11.9 Å². The molecule has 0 radical (unpaired) electrons. The largest absolute Gasteiger partial charge is 0.336 e. The second-order valence-electron chi connectivity index (χ2n) is 8.19. The summed E-state index contributed by atoms with van der Waals surface area (Å²) in [6.45, 7) is 5.44. The average molecular weight is 429 g/mol. The molecule has 162 valence electrons. The number of carbonyl (C=O) groups is 1. The van der Waals surface area contributed by atoms with Gasteiger partial charge in [-0.3, -0.25) is 9.69 Å². The smallest absolute Gasteiger partial charge is 0.259 e. The van der Waals surface area contributed by atoms with Crippen molar-refractivity contribution in [2.45, 2.75) is 13.5 Å². The first-order chi connectivity index (χ1) is 15.6. The lowest BCUT2D eigenvalue weighted by Gasteiger charge is -2.34. The topological polar surface area (TPSA) is 53.7 Å². The van der Waals surface area contributed by atoms with Gasteiger partial charge in [-0.2, -0.15) is 5.10 Å². The quantitative estimate of drug-likeness (QED) is 0.495.